The van der Waals surface area contributed by atoms with Gasteiger partial charge in [-0.25, -0.2) is 4.39 Å². The molecule has 0 aliphatic carbocycles. The highest BCUT2D eigenvalue weighted by Gasteiger charge is 2.03. The molecule has 2 rings (SSSR count). The Morgan fingerprint density at radius 3 is 2.67 bits per heavy atom. The largest absolute Gasteiger partial charge is 0.486 e. The Labute approximate surface area is 125 Å². The standard InChI is InChI=1S/C18H20FNO/c1-2-20-14-16-10-11-18(17(19)13-16)21-12-6-9-15-7-4-3-5-8-15/h3-11,13,20H,2,12,14H2,1H3/b9-6+. The molecule has 0 atom stereocenters. The van der Waals surface area contributed by atoms with Gasteiger partial charge in [-0.15, -0.1) is 0 Å². The molecule has 2 aromatic carbocycles. The lowest BCUT2D eigenvalue weighted by Gasteiger charge is -2.07. The molecule has 0 fully saturated rings. The fraction of sp³-hybridized carbons (Fsp3) is 0.222. The van der Waals surface area contributed by atoms with Crippen LogP contribution in [0.3, 0.4) is 0 Å². The van der Waals surface area contributed by atoms with E-state index in [4.69, 9.17) is 4.74 Å². The Hall–Kier alpha value is -2.13. The number of hydrogen-bond donors (Lipinski definition) is 1. The van der Waals surface area contributed by atoms with E-state index in [9.17, 15) is 4.39 Å². The van der Waals surface area contributed by atoms with Gasteiger partial charge in [-0.3, -0.25) is 0 Å². The summed E-state index contributed by atoms with van der Waals surface area (Å²) in [6.45, 7) is 3.90. The zero-order valence-electron chi connectivity index (χ0n) is 12.2. The van der Waals surface area contributed by atoms with Gasteiger partial charge in [0.25, 0.3) is 0 Å². The van der Waals surface area contributed by atoms with Crippen molar-refractivity contribution < 1.29 is 9.13 Å². The van der Waals surface area contributed by atoms with Crippen molar-refractivity contribution in [1.29, 1.82) is 0 Å². The second kappa shape index (κ2) is 8.22. The van der Waals surface area contributed by atoms with Crippen LogP contribution >= 0.6 is 0 Å². The van der Waals surface area contributed by atoms with Crippen molar-refractivity contribution in [3.8, 4) is 5.75 Å². The molecule has 0 bridgehead atoms. The molecule has 0 heterocycles. The number of rotatable bonds is 7. The monoisotopic (exact) mass is 285 g/mol. The molecule has 0 aliphatic heterocycles. The van der Waals surface area contributed by atoms with Gasteiger partial charge in [0.1, 0.15) is 6.61 Å². The summed E-state index contributed by atoms with van der Waals surface area (Å²) in [7, 11) is 0. The number of ether oxygens (including phenoxy) is 1. The second-order valence-corrected chi connectivity index (χ2v) is 4.67. The molecular weight excluding hydrogens is 265 g/mol. The maximum absolute atomic E-state index is 13.9. The van der Waals surface area contributed by atoms with Gasteiger partial charge in [0.2, 0.25) is 0 Å². The Bertz CT molecular complexity index is 581. The Morgan fingerprint density at radius 2 is 1.95 bits per heavy atom. The van der Waals surface area contributed by atoms with Gasteiger partial charge in [0.05, 0.1) is 0 Å². The first kappa shape index (κ1) is 15.3. The smallest absolute Gasteiger partial charge is 0.165 e. The van der Waals surface area contributed by atoms with E-state index in [1.54, 1.807) is 6.07 Å². The fourth-order valence-corrected chi connectivity index (χ4v) is 1.93. The van der Waals surface area contributed by atoms with E-state index in [2.05, 4.69) is 5.32 Å². The molecule has 0 saturated heterocycles. The minimum atomic E-state index is -0.321. The highest BCUT2D eigenvalue weighted by atomic mass is 19.1. The molecule has 0 aromatic heterocycles. The van der Waals surface area contributed by atoms with Crippen molar-refractivity contribution in [3.05, 3.63) is 71.6 Å². The molecule has 21 heavy (non-hydrogen) atoms. The normalized spacial score (nSPS) is 11.0. The predicted molar refractivity (Wildman–Crippen MR) is 84.8 cm³/mol. The molecule has 0 saturated carbocycles. The van der Waals surface area contributed by atoms with Crippen LogP contribution in [0.2, 0.25) is 0 Å². The van der Waals surface area contributed by atoms with Crippen molar-refractivity contribution in [2.45, 2.75) is 13.5 Å². The van der Waals surface area contributed by atoms with Gasteiger partial charge in [-0.1, -0.05) is 49.4 Å². The van der Waals surface area contributed by atoms with Crippen molar-refractivity contribution in [2.75, 3.05) is 13.2 Å². The zero-order chi connectivity index (χ0) is 14.9. The SMILES string of the molecule is CCNCc1ccc(OC/C=C/c2ccccc2)c(F)c1. The minimum Gasteiger partial charge on any atom is -0.486 e. The van der Waals surface area contributed by atoms with E-state index in [0.29, 0.717) is 13.2 Å². The molecule has 0 aliphatic rings. The summed E-state index contributed by atoms with van der Waals surface area (Å²) in [6.07, 6.45) is 3.83. The maximum atomic E-state index is 13.9. The molecule has 0 radical (unpaired) electrons. The Morgan fingerprint density at radius 1 is 1.14 bits per heavy atom. The first-order valence-corrected chi connectivity index (χ1v) is 7.13. The summed E-state index contributed by atoms with van der Waals surface area (Å²) >= 11 is 0. The summed E-state index contributed by atoms with van der Waals surface area (Å²) < 4.78 is 19.3. The molecule has 1 N–H and O–H groups in total. The van der Waals surface area contributed by atoms with Crippen LogP contribution in [0.25, 0.3) is 6.08 Å². The van der Waals surface area contributed by atoms with Gasteiger partial charge in [0, 0.05) is 6.54 Å². The highest BCUT2D eigenvalue weighted by Crippen LogP contribution is 2.18. The van der Waals surface area contributed by atoms with Crippen molar-refractivity contribution in [2.24, 2.45) is 0 Å². The van der Waals surface area contributed by atoms with Crippen LogP contribution in [0.4, 0.5) is 4.39 Å². The van der Waals surface area contributed by atoms with Crippen molar-refractivity contribution in [1.82, 2.24) is 5.32 Å². The first-order chi connectivity index (χ1) is 10.3. The number of halogens is 1. The van der Waals surface area contributed by atoms with Crippen LogP contribution in [0.5, 0.6) is 5.75 Å². The lowest BCUT2D eigenvalue weighted by molar-refractivity contribution is 0.342. The summed E-state index contributed by atoms with van der Waals surface area (Å²) in [6, 6.07) is 15.0. The summed E-state index contributed by atoms with van der Waals surface area (Å²) in [5.41, 5.74) is 2.02. The third kappa shape index (κ3) is 5.04. The number of benzene rings is 2. The van der Waals surface area contributed by atoms with Crippen LogP contribution < -0.4 is 10.1 Å². The lowest BCUT2D eigenvalue weighted by Crippen LogP contribution is -2.11. The van der Waals surface area contributed by atoms with Crippen LogP contribution in [-0.4, -0.2) is 13.2 Å². The van der Waals surface area contributed by atoms with E-state index in [1.165, 1.54) is 6.07 Å². The zero-order valence-corrected chi connectivity index (χ0v) is 12.2. The number of hydrogen-bond acceptors (Lipinski definition) is 2. The molecule has 0 amide bonds. The van der Waals surface area contributed by atoms with Gasteiger partial charge >= 0.3 is 0 Å². The predicted octanol–water partition coefficient (Wildman–Crippen LogP) is 4.03. The van der Waals surface area contributed by atoms with Gasteiger partial charge in [-0.2, -0.15) is 0 Å². The van der Waals surface area contributed by atoms with Gasteiger partial charge in [0.15, 0.2) is 11.6 Å². The summed E-state index contributed by atoms with van der Waals surface area (Å²) in [5, 5.41) is 3.16. The molecule has 3 heteroatoms. The van der Waals surface area contributed by atoms with Crippen LogP contribution in [0.1, 0.15) is 18.1 Å². The second-order valence-electron chi connectivity index (χ2n) is 4.67. The maximum Gasteiger partial charge on any atom is 0.165 e. The topological polar surface area (TPSA) is 21.3 Å². The molecular formula is C18H20FNO. The molecule has 2 aromatic rings. The Kier molecular flexibility index (Phi) is 5.98. The van der Waals surface area contributed by atoms with Gasteiger partial charge in [-0.05, 0) is 35.9 Å². The summed E-state index contributed by atoms with van der Waals surface area (Å²) in [5.74, 6) is -0.0357. The third-order valence-electron chi connectivity index (χ3n) is 3.02. The van der Waals surface area contributed by atoms with E-state index < -0.39 is 0 Å². The first-order valence-electron chi connectivity index (χ1n) is 7.13. The average Bonchev–Trinajstić information content (AvgIpc) is 2.52. The van der Waals surface area contributed by atoms with Crippen molar-refractivity contribution in [3.63, 3.8) is 0 Å². The van der Waals surface area contributed by atoms with E-state index in [0.717, 1.165) is 17.7 Å². The van der Waals surface area contributed by atoms with Crippen LogP contribution in [-0.2, 0) is 6.54 Å². The van der Waals surface area contributed by atoms with Crippen LogP contribution in [0, 0.1) is 5.82 Å². The molecule has 110 valence electrons. The molecule has 0 spiro atoms. The molecule has 2 nitrogen and oxygen atoms in total. The summed E-state index contributed by atoms with van der Waals surface area (Å²) in [4.78, 5) is 0. The van der Waals surface area contributed by atoms with Crippen molar-refractivity contribution >= 4 is 6.08 Å². The van der Waals surface area contributed by atoms with E-state index >= 15 is 0 Å². The number of nitrogens with one attached hydrogen (secondary N) is 1. The fourth-order valence-electron chi connectivity index (χ4n) is 1.93. The lowest BCUT2D eigenvalue weighted by atomic mass is 10.2. The average molecular weight is 285 g/mol. The molecule has 0 unspecified atom stereocenters. The van der Waals surface area contributed by atoms with Crippen LogP contribution in [0.15, 0.2) is 54.6 Å². The quantitative estimate of drug-likeness (QED) is 0.829. The third-order valence-corrected chi connectivity index (χ3v) is 3.02. The highest BCUT2D eigenvalue weighted by molar-refractivity contribution is 5.48. The van der Waals surface area contributed by atoms with E-state index in [1.807, 2.05) is 55.5 Å². The van der Waals surface area contributed by atoms with E-state index in [-0.39, 0.29) is 11.6 Å². The Balaban J connectivity index is 1.87. The minimum absolute atomic E-state index is 0.285. The van der Waals surface area contributed by atoms with Gasteiger partial charge < -0.3 is 10.1 Å².